The Labute approximate surface area is 315 Å². The van der Waals surface area contributed by atoms with Crippen LogP contribution in [0.25, 0.3) is 0 Å². The largest absolute Gasteiger partial charge is 0.493 e. The smallest absolute Gasteiger partial charge is 0.237 e. The lowest BCUT2D eigenvalue weighted by molar-refractivity contribution is -0.106. The number of fused-ring (bicyclic) bond motifs is 2. The molecule has 0 radical (unpaired) electrons. The zero-order valence-electron chi connectivity index (χ0n) is 33.2. The molecule has 0 aliphatic carbocycles. The summed E-state index contributed by atoms with van der Waals surface area (Å²) in [4.78, 5) is 25.1. The van der Waals surface area contributed by atoms with E-state index >= 15 is 0 Å². The highest BCUT2D eigenvalue weighted by molar-refractivity contribution is 5.44. The van der Waals surface area contributed by atoms with Gasteiger partial charge in [0.05, 0.1) is 29.7 Å². The molecule has 1 aromatic carbocycles. The van der Waals surface area contributed by atoms with Crippen LogP contribution in [-0.2, 0) is 38.4 Å². The number of hydrogen-bond donors (Lipinski definition) is 1. The second kappa shape index (κ2) is 14.1. The minimum Gasteiger partial charge on any atom is -0.493 e. The van der Waals surface area contributed by atoms with Crippen LogP contribution in [0.15, 0.2) is 43.2 Å². The van der Waals surface area contributed by atoms with Crippen LogP contribution in [0.5, 0.6) is 11.5 Å². The van der Waals surface area contributed by atoms with Crippen LogP contribution in [0, 0.1) is 0 Å². The number of piperidine rings is 2. The van der Waals surface area contributed by atoms with Crippen molar-refractivity contribution in [3.05, 3.63) is 71.3 Å². The van der Waals surface area contributed by atoms with E-state index in [1.807, 2.05) is 18.5 Å². The maximum atomic E-state index is 6.49. The number of rotatable bonds is 11. The van der Waals surface area contributed by atoms with Gasteiger partial charge in [0.15, 0.2) is 11.5 Å². The van der Waals surface area contributed by atoms with Crippen LogP contribution in [-0.4, -0.2) is 81.8 Å². The fraction of sp³-hybridized carbons (Fsp3) is 0.610. The van der Waals surface area contributed by atoms with E-state index in [2.05, 4.69) is 94.3 Å². The Morgan fingerprint density at radius 2 is 1.40 bits per heavy atom. The van der Waals surface area contributed by atoms with E-state index in [-0.39, 0.29) is 0 Å². The Morgan fingerprint density at radius 1 is 0.811 bits per heavy atom. The number of ether oxygens (including phenoxy) is 4. The number of likely N-dealkylation sites (tertiary alicyclic amines) is 1. The molecule has 0 bridgehead atoms. The van der Waals surface area contributed by atoms with Gasteiger partial charge in [0, 0.05) is 68.3 Å². The summed E-state index contributed by atoms with van der Waals surface area (Å²) in [6.07, 6.45) is 9.66. The van der Waals surface area contributed by atoms with Crippen LogP contribution in [0.2, 0.25) is 0 Å². The van der Waals surface area contributed by atoms with E-state index in [4.69, 9.17) is 38.9 Å². The summed E-state index contributed by atoms with van der Waals surface area (Å²) in [6, 6.07) is 6.83. The zero-order chi connectivity index (χ0) is 37.8. The van der Waals surface area contributed by atoms with Gasteiger partial charge in [0.25, 0.3) is 0 Å². The van der Waals surface area contributed by atoms with Gasteiger partial charge < -0.3 is 23.8 Å². The van der Waals surface area contributed by atoms with Crippen molar-refractivity contribution >= 4 is 11.9 Å². The van der Waals surface area contributed by atoms with Gasteiger partial charge in [0.1, 0.15) is 17.8 Å². The minimum absolute atomic E-state index is 0.293. The second-order valence-corrected chi connectivity index (χ2v) is 17.0. The molecule has 7 rings (SSSR count). The van der Waals surface area contributed by atoms with Gasteiger partial charge in [-0.05, 0) is 98.8 Å². The van der Waals surface area contributed by atoms with Gasteiger partial charge in [-0.2, -0.15) is 0 Å². The van der Waals surface area contributed by atoms with Crippen molar-refractivity contribution < 1.29 is 18.9 Å². The Kier molecular flexibility index (Phi) is 9.97. The van der Waals surface area contributed by atoms with E-state index in [9.17, 15) is 0 Å². The molecule has 4 aliphatic heterocycles. The molecule has 0 spiro atoms. The number of benzene rings is 1. The molecular weight excluding hydrogens is 669 g/mol. The van der Waals surface area contributed by atoms with Crippen molar-refractivity contribution in [2.24, 2.45) is 0 Å². The molecule has 0 saturated carbocycles. The Hall–Kier alpha value is -3.84. The summed E-state index contributed by atoms with van der Waals surface area (Å²) in [5.74, 6) is 2.91. The summed E-state index contributed by atoms with van der Waals surface area (Å²) in [7, 11) is 1.67. The average molecular weight is 727 g/mol. The van der Waals surface area contributed by atoms with E-state index in [1.54, 1.807) is 13.2 Å². The van der Waals surface area contributed by atoms with Gasteiger partial charge in [0.2, 0.25) is 11.9 Å². The maximum absolute atomic E-state index is 6.49. The van der Waals surface area contributed by atoms with Crippen molar-refractivity contribution in [3.63, 3.8) is 0 Å². The molecule has 0 unspecified atom stereocenters. The lowest BCUT2D eigenvalue weighted by Gasteiger charge is -2.45. The van der Waals surface area contributed by atoms with E-state index < -0.39 is 22.4 Å². The summed E-state index contributed by atoms with van der Waals surface area (Å²) >= 11 is 0. The third-order valence-electron chi connectivity index (χ3n) is 11.3. The predicted molar refractivity (Wildman–Crippen MR) is 206 cm³/mol. The lowest BCUT2D eigenvalue weighted by Crippen LogP contribution is -2.54. The number of anilines is 2. The number of nitrogens with zero attached hydrogens (tertiary/aromatic N) is 7. The standard InChI is InChI=1S/C41H58N8O4/c1-11-22-51-33-23-27(12-13-32(33)50-10)26-47-18-14-28(15-19-47)49(37-43-25-31-35(45-37)41(8,9)53-39(31,4)5)29-16-20-48(21-17-29)46-36-42-24-30-34(44-36)40(6,7)52-38(30,2)3/h11-13,23-25,28-29H,1,14-22,26H2,2-10H3,(H,42,44,46). The first-order chi connectivity index (χ1) is 25.1. The van der Waals surface area contributed by atoms with E-state index in [0.29, 0.717) is 24.6 Å². The van der Waals surface area contributed by atoms with Crippen LogP contribution in [0.3, 0.4) is 0 Å². The summed E-state index contributed by atoms with van der Waals surface area (Å²) in [5, 5.41) is 2.25. The van der Waals surface area contributed by atoms with E-state index in [1.165, 1.54) is 5.56 Å². The van der Waals surface area contributed by atoms with Crippen LogP contribution in [0.4, 0.5) is 11.9 Å². The monoisotopic (exact) mass is 726 g/mol. The molecule has 6 heterocycles. The molecule has 53 heavy (non-hydrogen) atoms. The van der Waals surface area contributed by atoms with Crippen LogP contribution >= 0.6 is 0 Å². The number of aromatic nitrogens is 4. The first kappa shape index (κ1) is 37.5. The minimum atomic E-state index is -0.490. The average Bonchev–Trinajstić information content (AvgIpc) is 3.42. The van der Waals surface area contributed by atoms with Crippen molar-refractivity contribution in [1.29, 1.82) is 0 Å². The van der Waals surface area contributed by atoms with Gasteiger partial charge in [-0.25, -0.2) is 24.9 Å². The second-order valence-electron chi connectivity index (χ2n) is 17.0. The topological polar surface area (TPSA) is 110 Å². The van der Waals surface area contributed by atoms with Crippen LogP contribution in [0.1, 0.15) is 109 Å². The number of hydrogen-bond acceptors (Lipinski definition) is 12. The van der Waals surface area contributed by atoms with Crippen molar-refractivity contribution in [1.82, 2.24) is 29.8 Å². The quantitative estimate of drug-likeness (QED) is 0.210. The number of nitrogens with one attached hydrogen (secondary N) is 1. The van der Waals surface area contributed by atoms with Gasteiger partial charge in [-0.1, -0.05) is 18.7 Å². The highest BCUT2D eigenvalue weighted by atomic mass is 16.5. The third-order valence-corrected chi connectivity index (χ3v) is 11.3. The molecule has 4 aliphatic rings. The summed E-state index contributed by atoms with van der Waals surface area (Å²) < 4.78 is 24.2. The van der Waals surface area contributed by atoms with Crippen molar-refractivity contribution in [2.75, 3.05) is 50.2 Å². The molecular formula is C41H58N8O4. The Morgan fingerprint density at radius 3 is 2.00 bits per heavy atom. The Balaban J connectivity index is 1.07. The fourth-order valence-electron chi connectivity index (χ4n) is 8.93. The molecule has 12 heteroatoms. The SMILES string of the molecule is C=CCOc1cc(CN2CCC(N(c3ncc4c(n3)C(C)(C)OC4(C)C)C3CCN(Nc4ncc5c(n4)C(C)(C)OC5(C)C)CC3)CC2)ccc1OC. The molecule has 0 amide bonds. The molecule has 2 saturated heterocycles. The van der Waals surface area contributed by atoms with Crippen molar-refractivity contribution in [2.45, 2.75) is 122 Å². The highest BCUT2D eigenvalue weighted by Gasteiger charge is 2.47. The summed E-state index contributed by atoms with van der Waals surface area (Å²) in [6.45, 7) is 25.5. The molecule has 2 aromatic heterocycles. The predicted octanol–water partition coefficient (Wildman–Crippen LogP) is 6.80. The van der Waals surface area contributed by atoms with E-state index in [0.717, 1.165) is 98.4 Å². The highest BCUT2D eigenvalue weighted by Crippen LogP contribution is 2.47. The molecule has 12 nitrogen and oxygen atoms in total. The van der Waals surface area contributed by atoms with Crippen LogP contribution < -0.4 is 19.8 Å². The maximum Gasteiger partial charge on any atom is 0.237 e. The van der Waals surface area contributed by atoms with Gasteiger partial charge in [-0.3, -0.25) is 10.3 Å². The third kappa shape index (κ3) is 7.48. The van der Waals surface area contributed by atoms with Crippen molar-refractivity contribution in [3.8, 4) is 11.5 Å². The molecule has 286 valence electrons. The molecule has 1 N–H and O–H groups in total. The van der Waals surface area contributed by atoms with Gasteiger partial charge >= 0.3 is 0 Å². The first-order valence-corrected chi connectivity index (χ1v) is 19.2. The lowest BCUT2D eigenvalue weighted by atomic mass is 9.95. The van der Waals surface area contributed by atoms with Gasteiger partial charge in [-0.15, -0.1) is 0 Å². The number of methoxy groups -OCH3 is 1. The molecule has 0 atom stereocenters. The first-order valence-electron chi connectivity index (χ1n) is 19.2. The molecule has 2 fully saturated rings. The normalized spacial score (nSPS) is 22.2. The number of hydrazine groups is 1. The fourth-order valence-corrected chi connectivity index (χ4v) is 8.93. The zero-order valence-corrected chi connectivity index (χ0v) is 33.2. The summed E-state index contributed by atoms with van der Waals surface area (Å²) in [5.41, 5.74) is 6.99. The molecule has 3 aromatic rings. The Bertz CT molecular complexity index is 1810.